The summed E-state index contributed by atoms with van der Waals surface area (Å²) in [7, 11) is 0. The van der Waals surface area contributed by atoms with E-state index in [-0.39, 0.29) is 4.88 Å². The summed E-state index contributed by atoms with van der Waals surface area (Å²) in [6, 6.07) is 2.63. The van der Waals surface area contributed by atoms with E-state index in [4.69, 9.17) is 5.11 Å². The molecule has 1 N–H and O–H groups in total. The van der Waals surface area contributed by atoms with Gasteiger partial charge in [0.25, 0.3) is 6.43 Å². The topological polar surface area (TPSA) is 37.3 Å². The number of aromatic carboxylic acids is 1. The lowest BCUT2D eigenvalue weighted by molar-refractivity contribution is 0.0507. The lowest BCUT2D eigenvalue weighted by atomic mass is 10.2. The van der Waals surface area contributed by atoms with Crippen LogP contribution in [0, 0.1) is 0 Å². The summed E-state index contributed by atoms with van der Waals surface area (Å²) in [5, 5.41) is 8.51. The fraction of sp³-hybridized carbons (Fsp3) is 0.375. The van der Waals surface area contributed by atoms with Crippen molar-refractivity contribution in [1.29, 1.82) is 0 Å². The second-order valence-corrected chi connectivity index (χ2v) is 3.79. The van der Waals surface area contributed by atoms with Crippen LogP contribution in [0.2, 0.25) is 0 Å². The molecule has 6 heteroatoms. The molecule has 0 amide bonds. The Balaban J connectivity index is 2.64. The van der Waals surface area contributed by atoms with Crippen LogP contribution in [0.4, 0.5) is 13.2 Å². The third-order valence-corrected chi connectivity index (χ3v) is 2.64. The van der Waals surface area contributed by atoms with Gasteiger partial charge in [0.2, 0.25) is 0 Å². The summed E-state index contributed by atoms with van der Waals surface area (Å²) in [4.78, 5) is 10.7. The minimum atomic E-state index is -3.02. The molecule has 0 bridgehead atoms. The molecule has 14 heavy (non-hydrogen) atoms. The summed E-state index contributed by atoms with van der Waals surface area (Å²) >= 11 is 0.814. The van der Waals surface area contributed by atoms with Crippen LogP contribution >= 0.6 is 11.3 Å². The number of carboxylic acids is 1. The molecule has 0 aliphatic heterocycles. The van der Waals surface area contributed by atoms with Crippen molar-refractivity contribution >= 4 is 17.3 Å². The van der Waals surface area contributed by atoms with E-state index in [2.05, 4.69) is 0 Å². The Bertz CT molecular complexity index is 324. The zero-order chi connectivity index (χ0) is 10.7. The number of rotatable bonds is 4. The molecular formula is C8H7F3O2S. The number of thiophene rings is 1. The van der Waals surface area contributed by atoms with Gasteiger partial charge in [0.1, 0.15) is 4.88 Å². The van der Waals surface area contributed by atoms with Gasteiger partial charge in [-0.15, -0.1) is 11.3 Å². The van der Waals surface area contributed by atoms with E-state index in [0.29, 0.717) is 4.88 Å². The molecule has 2 nitrogen and oxygen atoms in total. The molecule has 1 unspecified atom stereocenters. The van der Waals surface area contributed by atoms with Gasteiger partial charge in [0, 0.05) is 11.3 Å². The summed E-state index contributed by atoms with van der Waals surface area (Å²) < 4.78 is 36.1. The Hall–Kier alpha value is -1.04. The Morgan fingerprint density at radius 1 is 1.43 bits per heavy atom. The highest BCUT2D eigenvalue weighted by molar-refractivity contribution is 7.13. The molecule has 0 aliphatic carbocycles. The summed E-state index contributed by atoms with van der Waals surface area (Å²) in [6.07, 6.45) is -5.68. The van der Waals surface area contributed by atoms with Gasteiger partial charge < -0.3 is 5.11 Å². The van der Waals surface area contributed by atoms with Crippen molar-refractivity contribution in [3.63, 3.8) is 0 Å². The maximum Gasteiger partial charge on any atom is 0.345 e. The van der Waals surface area contributed by atoms with Crippen molar-refractivity contribution in [1.82, 2.24) is 0 Å². The van der Waals surface area contributed by atoms with Gasteiger partial charge in [-0.2, -0.15) is 0 Å². The molecule has 1 aromatic rings. The number of hydrogen-bond donors (Lipinski definition) is 1. The quantitative estimate of drug-likeness (QED) is 0.853. The molecule has 0 aliphatic rings. The summed E-state index contributed by atoms with van der Waals surface area (Å²) in [5.74, 6) is -1.13. The molecule has 0 saturated heterocycles. The monoisotopic (exact) mass is 224 g/mol. The average Bonchev–Trinajstić information content (AvgIpc) is 2.52. The van der Waals surface area contributed by atoms with Gasteiger partial charge in [-0.25, -0.2) is 18.0 Å². The van der Waals surface area contributed by atoms with Crippen LogP contribution in [-0.2, 0) is 6.42 Å². The smallest absolute Gasteiger partial charge is 0.345 e. The first-order valence-electron chi connectivity index (χ1n) is 3.75. The minimum Gasteiger partial charge on any atom is -0.477 e. The van der Waals surface area contributed by atoms with Crippen LogP contribution in [-0.4, -0.2) is 23.7 Å². The number of carboxylic acid groups (broad SMARTS) is 1. The van der Waals surface area contributed by atoms with Crippen molar-refractivity contribution in [2.45, 2.75) is 19.0 Å². The fourth-order valence-corrected chi connectivity index (χ4v) is 1.77. The van der Waals surface area contributed by atoms with Crippen LogP contribution in [0.3, 0.4) is 0 Å². The first kappa shape index (κ1) is 11.0. The fourth-order valence-electron chi connectivity index (χ4n) is 0.884. The Kier molecular flexibility index (Phi) is 3.51. The number of carbonyl (C=O) groups is 1. The molecule has 1 rings (SSSR count). The van der Waals surface area contributed by atoms with Crippen molar-refractivity contribution in [2.75, 3.05) is 0 Å². The largest absolute Gasteiger partial charge is 0.477 e. The lowest BCUT2D eigenvalue weighted by Crippen LogP contribution is -2.14. The summed E-state index contributed by atoms with van der Waals surface area (Å²) in [5.41, 5.74) is 0. The third-order valence-electron chi connectivity index (χ3n) is 1.54. The molecule has 0 saturated carbocycles. The number of alkyl halides is 3. The minimum absolute atomic E-state index is 0.0291. The predicted molar refractivity (Wildman–Crippen MR) is 45.9 cm³/mol. The van der Waals surface area contributed by atoms with E-state index in [1.165, 1.54) is 12.1 Å². The maximum absolute atomic E-state index is 12.5. The second-order valence-electron chi connectivity index (χ2n) is 2.63. The molecule has 0 aromatic carbocycles. The van der Waals surface area contributed by atoms with Crippen LogP contribution in [0.25, 0.3) is 0 Å². The summed E-state index contributed by atoms with van der Waals surface area (Å²) in [6.45, 7) is 0. The first-order chi connectivity index (χ1) is 6.50. The predicted octanol–water partition coefficient (Wildman–Crippen LogP) is 2.59. The number of halogens is 3. The zero-order valence-corrected chi connectivity index (χ0v) is 7.73. The van der Waals surface area contributed by atoms with E-state index in [0.717, 1.165) is 11.3 Å². The Morgan fingerprint density at radius 3 is 2.50 bits per heavy atom. The Labute approximate surface area is 82.0 Å². The average molecular weight is 224 g/mol. The van der Waals surface area contributed by atoms with Crippen molar-refractivity contribution in [3.05, 3.63) is 21.9 Å². The molecule has 1 aromatic heterocycles. The SMILES string of the molecule is O=C(O)c1ccc(CC(F)C(F)F)s1. The first-order valence-corrected chi connectivity index (χ1v) is 4.56. The van der Waals surface area contributed by atoms with Crippen LogP contribution in [0.15, 0.2) is 12.1 Å². The molecule has 1 heterocycles. The molecule has 0 radical (unpaired) electrons. The number of hydrogen-bond acceptors (Lipinski definition) is 2. The zero-order valence-electron chi connectivity index (χ0n) is 6.91. The second kappa shape index (κ2) is 4.45. The van der Waals surface area contributed by atoms with Crippen LogP contribution in [0.1, 0.15) is 14.5 Å². The molecule has 1 atom stereocenters. The van der Waals surface area contributed by atoms with Gasteiger partial charge in [-0.05, 0) is 12.1 Å². The molecule has 0 spiro atoms. The van der Waals surface area contributed by atoms with Crippen molar-refractivity contribution in [2.24, 2.45) is 0 Å². The van der Waals surface area contributed by atoms with E-state index in [1.807, 2.05) is 0 Å². The highest BCUT2D eigenvalue weighted by Gasteiger charge is 2.20. The van der Waals surface area contributed by atoms with Gasteiger partial charge in [-0.1, -0.05) is 0 Å². The van der Waals surface area contributed by atoms with Crippen molar-refractivity contribution < 1.29 is 23.1 Å². The highest BCUT2D eigenvalue weighted by atomic mass is 32.1. The Morgan fingerprint density at radius 2 is 2.07 bits per heavy atom. The third kappa shape index (κ3) is 2.73. The molecule has 0 fully saturated rings. The molecule has 78 valence electrons. The van der Waals surface area contributed by atoms with Gasteiger partial charge in [0.05, 0.1) is 0 Å². The maximum atomic E-state index is 12.5. The van der Waals surface area contributed by atoms with E-state index < -0.39 is 25.0 Å². The van der Waals surface area contributed by atoms with E-state index in [9.17, 15) is 18.0 Å². The van der Waals surface area contributed by atoms with Gasteiger partial charge in [0.15, 0.2) is 6.17 Å². The van der Waals surface area contributed by atoms with Gasteiger partial charge >= 0.3 is 5.97 Å². The molecular weight excluding hydrogens is 217 g/mol. The standard InChI is InChI=1S/C8H7F3O2S/c9-5(7(10)11)3-4-1-2-6(14-4)8(12)13/h1-2,5,7H,3H2,(H,12,13). The highest BCUT2D eigenvalue weighted by Crippen LogP contribution is 2.21. The van der Waals surface area contributed by atoms with Crippen molar-refractivity contribution in [3.8, 4) is 0 Å². The van der Waals surface area contributed by atoms with E-state index >= 15 is 0 Å². The van der Waals surface area contributed by atoms with Crippen LogP contribution in [0.5, 0.6) is 0 Å². The normalized spacial score (nSPS) is 13.1. The van der Waals surface area contributed by atoms with E-state index in [1.54, 1.807) is 0 Å². The lowest BCUT2D eigenvalue weighted by Gasteiger charge is -2.03. The van der Waals surface area contributed by atoms with Gasteiger partial charge in [-0.3, -0.25) is 0 Å². The van der Waals surface area contributed by atoms with Crippen LogP contribution < -0.4 is 0 Å².